The van der Waals surface area contributed by atoms with E-state index in [1.54, 1.807) is 30.1 Å². The molecule has 0 spiro atoms. The van der Waals surface area contributed by atoms with Gasteiger partial charge in [-0.3, -0.25) is 9.48 Å². The lowest BCUT2D eigenvalue weighted by Gasteiger charge is -2.12. The molecule has 2 N–H and O–H groups in total. The van der Waals surface area contributed by atoms with E-state index >= 15 is 0 Å². The molecule has 1 unspecified atom stereocenters. The molecular formula is C14H15N3O3S. The number of nitrogens with one attached hydrogen (secondary N) is 1. The average molecular weight is 305 g/mol. The minimum absolute atomic E-state index is 0.139. The van der Waals surface area contributed by atoms with Crippen LogP contribution in [-0.2, 0) is 16.1 Å². The maximum Gasteiger partial charge on any atom is 0.328 e. The predicted molar refractivity (Wildman–Crippen MR) is 79.8 cm³/mol. The van der Waals surface area contributed by atoms with Crippen LogP contribution in [0.1, 0.15) is 23.4 Å². The number of aliphatic carboxylic acids is 1. The molecule has 0 fully saturated rings. The third-order valence-corrected chi connectivity index (χ3v) is 3.85. The molecule has 2 heterocycles. The van der Waals surface area contributed by atoms with Crippen molar-refractivity contribution in [1.82, 2.24) is 15.1 Å². The van der Waals surface area contributed by atoms with Gasteiger partial charge in [-0.2, -0.15) is 5.10 Å². The van der Waals surface area contributed by atoms with Gasteiger partial charge in [-0.15, -0.1) is 11.3 Å². The third kappa shape index (κ3) is 4.03. The Morgan fingerprint density at radius 3 is 3.05 bits per heavy atom. The lowest BCUT2D eigenvalue weighted by molar-refractivity contribution is -0.131. The lowest BCUT2D eigenvalue weighted by atomic mass is 10.2. The van der Waals surface area contributed by atoms with Crippen LogP contribution in [0.4, 0.5) is 0 Å². The number of hydrogen-bond acceptors (Lipinski definition) is 4. The Morgan fingerprint density at radius 1 is 1.57 bits per heavy atom. The number of carboxylic acid groups (broad SMARTS) is 1. The summed E-state index contributed by atoms with van der Waals surface area (Å²) in [5.41, 5.74) is 0.800. The van der Waals surface area contributed by atoms with Crippen LogP contribution in [-0.4, -0.2) is 26.8 Å². The summed E-state index contributed by atoms with van der Waals surface area (Å²) in [5, 5.41) is 17.4. The Kier molecular flexibility index (Phi) is 4.89. The van der Waals surface area contributed by atoms with Crippen LogP contribution < -0.4 is 5.32 Å². The number of rotatable bonds is 6. The Hall–Kier alpha value is -2.41. The van der Waals surface area contributed by atoms with Crippen LogP contribution in [0.5, 0.6) is 0 Å². The van der Waals surface area contributed by atoms with Gasteiger partial charge >= 0.3 is 5.97 Å². The van der Waals surface area contributed by atoms with Gasteiger partial charge in [0, 0.05) is 23.3 Å². The van der Waals surface area contributed by atoms with Crippen LogP contribution in [0.25, 0.3) is 6.08 Å². The fourth-order valence-corrected chi connectivity index (χ4v) is 2.56. The molecule has 7 heteroatoms. The van der Waals surface area contributed by atoms with Crippen molar-refractivity contribution in [2.45, 2.75) is 19.5 Å². The van der Waals surface area contributed by atoms with E-state index in [4.69, 9.17) is 5.11 Å². The van der Waals surface area contributed by atoms with Gasteiger partial charge in [-0.05, 0) is 36.1 Å². The number of amides is 1. The molecule has 0 saturated heterocycles. The first-order chi connectivity index (χ1) is 10.1. The van der Waals surface area contributed by atoms with E-state index < -0.39 is 12.0 Å². The number of hydrogen-bond donors (Lipinski definition) is 2. The van der Waals surface area contributed by atoms with Gasteiger partial charge in [0.1, 0.15) is 6.04 Å². The maximum absolute atomic E-state index is 12.0. The van der Waals surface area contributed by atoms with Crippen molar-refractivity contribution in [3.8, 4) is 0 Å². The second kappa shape index (κ2) is 6.85. The van der Waals surface area contributed by atoms with Gasteiger partial charge in [0.25, 0.3) is 0 Å². The first kappa shape index (κ1) is 15.0. The summed E-state index contributed by atoms with van der Waals surface area (Å²) in [5.74, 6) is -1.14. The zero-order chi connectivity index (χ0) is 15.2. The van der Waals surface area contributed by atoms with E-state index in [1.807, 2.05) is 11.4 Å². The fraction of sp³-hybridized carbons (Fsp3) is 0.214. The Labute approximate surface area is 125 Å². The Morgan fingerprint density at radius 2 is 2.38 bits per heavy atom. The van der Waals surface area contributed by atoms with Crippen molar-refractivity contribution < 1.29 is 14.7 Å². The Balaban J connectivity index is 1.96. The Bertz CT molecular complexity index is 646. The van der Waals surface area contributed by atoms with Crippen molar-refractivity contribution in [3.63, 3.8) is 0 Å². The van der Waals surface area contributed by atoms with Gasteiger partial charge in [0.2, 0.25) is 5.91 Å². The van der Waals surface area contributed by atoms with E-state index in [-0.39, 0.29) is 5.91 Å². The second-order valence-electron chi connectivity index (χ2n) is 4.35. The summed E-state index contributed by atoms with van der Waals surface area (Å²) in [7, 11) is 0. The van der Waals surface area contributed by atoms with Crippen molar-refractivity contribution in [1.29, 1.82) is 0 Å². The molecule has 0 aliphatic rings. The van der Waals surface area contributed by atoms with E-state index in [1.165, 1.54) is 17.4 Å². The first-order valence-corrected chi connectivity index (χ1v) is 7.20. The van der Waals surface area contributed by atoms with Crippen molar-refractivity contribution >= 4 is 29.3 Å². The smallest absolute Gasteiger partial charge is 0.328 e. The highest BCUT2D eigenvalue weighted by Crippen LogP contribution is 2.18. The molecule has 110 valence electrons. The lowest BCUT2D eigenvalue weighted by Crippen LogP contribution is -2.30. The van der Waals surface area contributed by atoms with Crippen LogP contribution in [0, 0.1) is 0 Å². The zero-order valence-electron chi connectivity index (χ0n) is 11.4. The highest BCUT2D eigenvalue weighted by atomic mass is 32.1. The molecule has 1 atom stereocenters. The number of thiophene rings is 1. The standard InChI is InChI=1S/C14H15N3O3S/c1-10(17-7-2-6-16-17)14(20)15-9-12-11(5-8-21-12)3-4-13(18)19/h2-8,10H,9H2,1H3,(H,15,20)(H,18,19)/b4-3+. The SMILES string of the molecule is CC(C(=O)NCc1sccc1/C=C/C(=O)O)n1cccn1. The van der Waals surface area contributed by atoms with Crippen molar-refractivity contribution in [3.05, 3.63) is 46.4 Å². The first-order valence-electron chi connectivity index (χ1n) is 6.32. The van der Waals surface area contributed by atoms with Gasteiger partial charge in [0.15, 0.2) is 0 Å². The molecule has 21 heavy (non-hydrogen) atoms. The summed E-state index contributed by atoms with van der Waals surface area (Å²) < 4.78 is 1.58. The van der Waals surface area contributed by atoms with Crippen molar-refractivity contribution in [2.75, 3.05) is 0 Å². The summed E-state index contributed by atoms with van der Waals surface area (Å²) in [6, 6.07) is 3.19. The highest BCUT2D eigenvalue weighted by Gasteiger charge is 2.15. The molecule has 2 aromatic rings. The number of nitrogens with zero attached hydrogens (tertiary/aromatic N) is 2. The average Bonchev–Trinajstić information content (AvgIpc) is 3.12. The maximum atomic E-state index is 12.0. The second-order valence-corrected chi connectivity index (χ2v) is 5.35. The minimum Gasteiger partial charge on any atom is -0.478 e. The summed E-state index contributed by atoms with van der Waals surface area (Å²) >= 11 is 1.47. The molecule has 0 saturated carbocycles. The van der Waals surface area contributed by atoms with E-state index in [2.05, 4.69) is 10.4 Å². The molecular weight excluding hydrogens is 290 g/mol. The quantitative estimate of drug-likeness (QED) is 0.799. The molecule has 0 bridgehead atoms. The summed E-state index contributed by atoms with van der Waals surface area (Å²) in [4.78, 5) is 23.5. The monoisotopic (exact) mass is 305 g/mol. The molecule has 2 aromatic heterocycles. The van der Waals surface area contributed by atoms with E-state index in [9.17, 15) is 9.59 Å². The van der Waals surface area contributed by atoms with E-state index in [0.717, 1.165) is 16.5 Å². The number of aromatic nitrogens is 2. The number of carbonyl (C=O) groups is 2. The van der Waals surface area contributed by atoms with Crippen LogP contribution in [0.2, 0.25) is 0 Å². The van der Waals surface area contributed by atoms with Gasteiger partial charge < -0.3 is 10.4 Å². The van der Waals surface area contributed by atoms with Gasteiger partial charge in [-0.25, -0.2) is 4.79 Å². The van der Waals surface area contributed by atoms with Crippen LogP contribution in [0.15, 0.2) is 36.0 Å². The molecule has 0 aliphatic heterocycles. The molecule has 1 amide bonds. The minimum atomic E-state index is -0.997. The van der Waals surface area contributed by atoms with Crippen LogP contribution in [0.3, 0.4) is 0 Å². The zero-order valence-corrected chi connectivity index (χ0v) is 12.2. The largest absolute Gasteiger partial charge is 0.478 e. The highest BCUT2D eigenvalue weighted by molar-refractivity contribution is 7.10. The molecule has 0 aromatic carbocycles. The molecule has 2 rings (SSSR count). The normalized spacial score (nSPS) is 12.4. The van der Waals surface area contributed by atoms with E-state index in [0.29, 0.717) is 6.54 Å². The predicted octanol–water partition coefficient (Wildman–Crippen LogP) is 1.92. The fourth-order valence-electron chi connectivity index (χ4n) is 1.75. The van der Waals surface area contributed by atoms with Crippen molar-refractivity contribution in [2.24, 2.45) is 0 Å². The molecule has 0 aliphatic carbocycles. The summed E-state index contributed by atoms with van der Waals surface area (Å²) in [6.45, 7) is 2.13. The summed E-state index contributed by atoms with van der Waals surface area (Å²) in [6.07, 6.45) is 5.96. The third-order valence-electron chi connectivity index (χ3n) is 2.91. The van der Waals surface area contributed by atoms with Crippen LogP contribution >= 0.6 is 11.3 Å². The van der Waals surface area contributed by atoms with Gasteiger partial charge in [-0.1, -0.05) is 0 Å². The van der Waals surface area contributed by atoms with Gasteiger partial charge in [0.05, 0.1) is 6.54 Å². The molecule has 0 radical (unpaired) electrons. The number of carboxylic acids is 1. The number of carbonyl (C=O) groups excluding carboxylic acids is 1. The molecule has 6 nitrogen and oxygen atoms in total. The topological polar surface area (TPSA) is 84.2 Å².